The van der Waals surface area contributed by atoms with Crippen molar-refractivity contribution < 1.29 is 9.59 Å². The molecule has 0 saturated carbocycles. The Morgan fingerprint density at radius 1 is 0.889 bits per heavy atom. The molecule has 0 radical (unpaired) electrons. The number of hydrogen-bond acceptors (Lipinski definition) is 3. The number of rotatable bonds is 7. The molecular formula is C21H20N4O2. The monoisotopic (exact) mass is 360 g/mol. The average Bonchev–Trinajstić information content (AvgIpc) is 3.13. The lowest BCUT2D eigenvalue weighted by Crippen LogP contribution is -2.21. The predicted molar refractivity (Wildman–Crippen MR) is 104 cm³/mol. The largest absolute Gasteiger partial charge is 0.348 e. The topological polar surface area (TPSA) is 76.0 Å². The van der Waals surface area contributed by atoms with E-state index in [1.807, 2.05) is 65.2 Å². The molecule has 0 aliphatic heterocycles. The minimum absolute atomic E-state index is 0.330. The molecule has 2 aromatic carbocycles. The van der Waals surface area contributed by atoms with E-state index in [0.29, 0.717) is 18.9 Å². The molecule has 0 fully saturated rings. The molecule has 6 nitrogen and oxygen atoms in total. The molecule has 6 heteroatoms. The first kappa shape index (κ1) is 18.1. The number of nitrogens with zero attached hydrogens (tertiary/aromatic N) is 2. The highest BCUT2D eigenvalue weighted by atomic mass is 16.2. The van der Waals surface area contributed by atoms with Crippen LogP contribution < -0.4 is 10.6 Å². The molecule has 3 aromatic rings. The van der Waals surface area contributed by atoms with Gasteiger partial charge < -0.3 is 15.2 Å². The SMILES string of the molecule is O=C(/C=C/C(=O)Nc1cn(Cc2ccccc2)cn1)NCc1ccccc1. The van der Waals surface area contributed by atoms with Crippen molar-refractivity contribution in [3.8, 4) is 0 Å². The first-order chi connectivity index (χ1) is 13.2. The quantitative estimate of drug-likeness (QED) is 0.636. The maximum absolute atomic E-state index is 11.9. The van der Waals surface area contributed by atoms with E-state index >= 15 is 0 Å². The second-order valence-electron chi connectivity index (χ2n) is 5.94. The van der Waals surface area contributed by atoms with Gasteiger partial charge in [0, 0.05) is 31.4 Å². The number of anilines is 1. The number of carbonyl (C=O) groups is 2. The predicted octanol–water partition coefficient (Wildman–Crippen LogP) is 2.74. The summed E-state index contributed by atoms with van der Waals surface area (Å²) in [5.41, 5.74) is 2.13. The van der Waals surface area contributed by atoms with Crippen LogP contribution >= 0.6 is 0 Å². The molecule has 2 amide bonds. The van der Waals surface area contributed by atoms with E-state index in [9.17, 15) is 9.59 Å². The summed E-state index contributed by atoms with van der Waals surface area (Å²) >= 11 is 0. The van der Waals surface area contributed by atoms with Crippen LogP contribution in [0, 0.1) is 0 Å². The summed E-state index contributed by atoms with van der Waals surface area (Å²) in [4.78, 5) is 27.9. The molecule has 0 bridgehead atoms. The van der Waals surface area contributed by atoms with E-state index in [1.165, 1.54) is 12.2 Å². The Labute approximate surface area is 157 Å². The Kier molecular flexibility index (Phi) is 6.14. The Hall–Kier alpha value is -3.67. The fraction of sp³-hybridized carbons (Fsp3) is 0.0952. The van der Waals surface area contributed by atoms with Crippen molar-refractivity contribution in [2.45, 2.75) is 13.1 Å². The summed E-state index contributed by atoms with van der Waals surface area (Å²) in [6.07, 6.45) is 5.79. The molecule has 1 heterocycles. The molecule has 0 saturated heterocycles. The summed E-state index contributed by atoms with van der Waals surface area (Å²) in [7, 11) is 0. The summed E-state index contributed by atoms with van der Waals surface area (Å²) in [6, 6.07) is 19.5. The van der Waals surface area contributed by atoms with Crippen molar-refractivity contribution in [1.29, 1.82) is 0 Å². The zero-order chi connectivity index (χ0) is 18.9. The average molecular weight is 360 g/mol. The van der Waals surface area contributed by atoms with E-state index in [4.69, 9.17) is 0 Å². The van der Waals surface area contributed by atoms with E-state index in [0.717, 1.165) is 11.1 Å². The standard InChI is InChI=1S/C21H20N4O2/c26-20(22-13-17-7-3-1-4-8-17)11-12-21(27)24-19-15-25(16-23-19)14-18-9-5-2-6-10-18/h1-12,15-16H,13-14H2,(H,22,26)(H,24,27)/b12-11+. The molecular weight excluding hydrogens is 340 g/mol. The van der Waals surface area contributed by atoms with Crippen molar-refractivity contribution in [2.24, 2.45) is 0 Å². The third-order valence-corrected chi connectivity index (χ3v) is 3.79. The van der Waals surface area contributed by atoms with Crippen LogP contribution in [0.3, 0.4) is 0 Å². The maximum Gasteiger partial charge on any atom is 0.249 e. The normalized spacial score (nSPS) is 10.7. The van der Waals surface area contributed by atoms with Crippen molar-refractivity contribution >= 4 is 17.6 Å². The Balaban J connectivity index is 1.46. The van der Waals surface area contributed by atoms with E-state index in [2.05, 4.69) is 15.6 Å². The van der Waals surface area contributed by atoms with Gasteiger partial charge in [-0.15, -0.1) is 0 Å². The highest BCUT2D eigenvalue weighted by Gasteiger charge is 2.04. The Bertz CT molecular complexity index is 918. The van der Waals surface area contributed by atoms with Crippen molar-refractivity contribution in [2.75, 3.05) is 5.32 Å². The Morgan fingerprint density at radius 2 is 1.52 bits per heavy atom. The smallest absolute Gasteiger partial charge is 0.249 e. The minimum Gasteiger partial charge on any atom is -0.348 e. The van der Waals surface area contributed by atoms with Crippen LogP contribution in [0.1, 0.15) is 11.1 Å². The minimum atomic E-state index is -0.408. The number of benzene rings is 2. The molecule has 136 valence electrons. The van der Waals surface area contributed by atoms with E-state index < -0.39 is 5.91 Å². The zero-order valence-electron chi connectivity index (χ0n) is 14.7. The van der Waals surface area contributed by atoms with Gasteiger partial charge in [0.15, 0.2) is 5.82 Å². The highest BCUT2D eigenvalue weighted by molar-refractivity contribution is 6.02. The fourth-order valence-electron chi connectivity index (χ4n) is 2.47. The van der Waals surface area contributed by atoms with E-state index in [1.54, 1.807) is 12.5 Å². The third-order valence-electron chi connectivity index (χ3n) is 3.79. The van der Waals surface area contributed by atoms with Crippen molar-refractivity contribution in [3.63, 3.8) is 0 Å². The number of amides is 2. The van der Waals surface area contributed by atoms with Gasteiger partial charge in [-0.1, -0.05) is 60.7 Å². The third kappa shape index (κ3) is 5.97. The lowest BCUT2D eigenvalue weighted by Gasteiger charge is -2.02. The van der Waals surface area contributed by atoms with E-state index in [-0.39, 0.29) is 5.91 Å². The van der Waals surface area contributed by atoms with Crippen LogP contribution in [-0.2, 0) is 22.7 Å². The van der Waals surface area contributed by atoms with Gasteiger partial charge in [0.25, 0.3) is 0 Å². The first-order valence-electron chi connectivity index (χ1n) is 8.55. The van der Waals surface area contributed by atoms with Crippen LogP contribution in [0.4, 0.5) is 5.82 Å². The van der Waals surface area contributed by atoms with Gasteiger partial charge in [-0.05, 0) is 11.1 Å². The fourth-order valence-corrected chi connectivity index (χ4v) is 2.47. The molecule has 3 rings (SSSR count). The van der Waals surface area contributed by atoms with Crippen LogP contribution in [0.25, 0.3) is 0 Å². The van der Waals surface area contributed by atoms with Gasteiger partial charge in [0.2, 0.25) is 11.8 Å². The summed E-state index contributed by atoms with van der Waals surface area (Å²) in [5, 5.41) is 5.36. The lowest BCUT2D eigenvalue weighted by molar-refractivity contribution is -0.117. The van der Waals surface area contributed by atoms with Gasteiger partial charge in [-0.3, -0.25) is 9.59 Å². The summed E-state index contributed by atoms with van der Waals surface area (Å²) in [6.45, 7) is 1.08. The molecule has 0 atom stereocenters. The van der Waals surface area contributed by atoms with Gasteiger partial charge in [-0.25, -0.2) is 4.98 Å². The molecule has 2 N–H and O–H groups in total. The van der Waals surface area contributed by atoms with Crippen LogP contribution in [-0.4, -0.2) is 21.4 Å². The molecule has 27 heavy (non-hydrogen) atoms. The van der Waals surface area contributed by atoms with Crippen molar-refractivity contribution in [3.05, 3.63) is 96.5 Å². The molecule has 0 aliphatic rings. The summed E-state index contributed by atoms with van der Waals surface area (Å²) < 4.78 is 1.88. The molecule has 1 aromatic heterocycles. The molecule has 0 unspecified atom stereocenters. The second-order valence-corrected chi connectivity index (χ2v) is 5.94. The van der Waals surface area contributed by atoms with Crippen molar-refractivity contribution in [1.82, 2.24) is 14.9 Å². The van der Waals surface area contributed by atoms with Gasteiger partial charge in [0.1, 0.15) is 0 Å². The number of hydrogen-bond donors (Lipinski definition) is 2. The number of nitrogens with one attached hydrogen (secondary N) is 2. The molecule has 0 spiro atoms. The van der Waals surface area contributed by atoms with Gasteiger partial charge >= 0.3 is 0 Å². The highest BCUT2D eigenvalue weighted by Crippen LogP contribution is 2.07. The molecule has 0 aliphatic carbocycles. The zero-order valence-corrected chi connectivity index (χ0v) is 14.7. The number of carbonyl (C=O) groups excluding carboxylic acids is 2. The second kappa shape index (κ2) is 9.15. The number of aromatic nitrogens is 2. The lowest BCUT2D eigenvalue weighted by atomic mass is 10.2. The van der Waals surface area contributed by atoms with Gasteiger partial charge in [0.05, 0.1) is 6.33 Å². The first-order valence-corrected chi connectivity index (χ1v) is 8.55. The van der Waals surface area contributed by atoms with Crippen LogP contribution in [0.2, 0.25) is 0 Å². The Morgan fingerprint density at radius 3 is 2.22 bits per heavy atom. The van der Waals surface area contributed by atoms with Crippen LogP contribution in [0.5, 0.6) is 0 Å². The van der Waals surface area contributed by atoms with Crippen LogP contribution in [0.15, 0.2) is 85.3 Å². The van der Waals surface area contributed by atoms with Gasteiger partial charge in [-0.2, -0.15) is 0 Å². The maximum atomic E-state index is 11.9. The number of imidazole rings is 1. The summed E-state index contributed by atoms with van der Waals surface area (Å²) in [5.74, 6) is -0.302.